The first-order chi connectivity index (χ1) is 17.0. The number of methoxy groups -OCH3 is 1. The van der Waals surface area contributed by atoms with Gasteiger partial charge in [-0.3, -0.25) is 5.32 Å². The van der Waals surface area contributed by atoms with E-state index < -0.39 is 18.2 Å². The van der Waals surface area contributed by atoms with Gasteiger partial charge in [0.2, 0.25) is 0 Å². The molecule has 2 N–H and O–H groups in total. The first-order valence-corrected chi connectivity index (χ1v) is 12.7. The van der Waals surface area contributed by atoms with Crippen molar-refractivity contribution in [1.82, 2.24) is 5.32 Å². The van der Waals surface area contributed by atoms with E-state index in [0.717, 1.165) is 44.1 Å². The second-order valence-corrected chi connectivity index (χ2v) is 9.03. The molecule has 0 saturated carbocycles. The molecule has 35 heavy (non-hydrogen) atoms. The van der Waals surface area contributed by atoms with Crippen LogP contribution in [0.3, 0.4) is 0 Å². The molecule has 0 spiro atoms. The summed E-state index contributed by atoms with van der Waals surface area (Å²) in [5, 5.41) is 13.0. The molecule has 1 aromatic rings. The first kappa shape index (κ1) is 28.7. The molecule has 0 aromatic heterocycles. The lowest BCUT2D eigenvalue weighted by atomic mass is 9.91. The molecule has 0 unspecified atom stereocenters. The maximum Gasteiger partial charge on any atom is 0.411 e. The first-order valence-electron chi connectivity index (χ1n) is 12.7. The third-order valence-corrected chi connectivity index (χ3v) is 6.19. The van der Waals surface area contributed by atoms with Crippen molar-refractivity contribution >= 4 is 12.1 Å². The Balaban J connectivity index is 2.12. The smallest absolute Gasteiger partial charge is 0.411 e. The van der Waals surface area contributed by atoms with Gasteiger partial charge in [-0.15, -0.1) is 0 Å². The number of phenolic OH excluding ortho intramolecular Hbond substituents is 1. The molecule has 3 atom stereocenters. The van der Waals surface area contributed by atoms with E-state index in [2.05, 4.69) is 19.2 Å². The number of rotatable bonds is 10. The lowest BCUT2D eigenvalue weighted by molar-refractivity contribution is -0.104. The van der Waals surface area contributed by atoms with Crippen LogP contribution in [0, 0.1) is 5.92 Å². The number of aryl methyl sites for hydroxylation is 1. The van der Waals surface area contributed by atoms with Gasteiger partial charge in [0, 0.05) is 26.2 Å². The van der Waals surface area contributed by atoms with Gasteiger partial charge in [-0.2, -0.15) is 0 Å². The molecular formula is C27H41NO7. The Labute approximate surface area is 209 Å². The summed E-state index contributed by atoms with van der Waals surface area (Å²) in [7, 11) is 1.58. The number of carbonyl (C=O) groups is 2. The number of phenols is 1. The van der Waals surface area contributed by atoms with E-state index in [0.29, 0.717) is 25.9 Å². The Hall–Kier alpha value is -2.58. The fourth-order valence-electron chi connectivity index (χ4n) is 4.19. The quantitative estimate of drug-likeness (QED) is 0.254. The predicted molar refractivity (Wildman–Crippen MR) is 133 cm³/mol. The SMILES string of the molecule is CCCCCOC(=O)N/C=C/C[C@H]1C[C@@H](OCOC)[C@@H](C)CCCCc2cccc(O)c2C(=O)O1. The monoisotopic (exact) mass is 491 g/mol. The van der Waals surface area contributed by atoms with Gasteiger partial charge >= 0.3 is 12.1 Å². The van der Waals surface area contributed by atoms with Gasteiger partial charge in [0.05, 0.1) is 12.7 Å². The highest BCUT2D eigenvalue weighted by atomic mass is 16.7. The number of carbonyl (C=O) groups excluding carboxylic acids is 2. The van der Waals surface area contributed by atoms with Crippen molar-refractivity contribution in [2.75, 3.05) is 20.5 Å². The van der Waals surface area contributed by atoms with E-state index in [1.165, 1.54) is 12.3 Å². The van der Waals surface area contributed by atoms with Crippen molar-refractivity contribution in [2.45, 2.75) is 83.8 Å². The largest absolute Gasteiger partial charge is 0.507 e. The van der Waals surface area contributed by atoms with Gasteiger partial charge < -0.3 is 24.1 Å². The number of cyclic esters (lactones) is 1. The van der Waals surface area contributed by atoms with E-state index in [-0.39, 0.29) is 30.1 Å². The number of alkyl carbamates (subject to hydrolysis) is 1. The Morgan fingerprint density at radius 2 is 2.11 bits per heavy atom. The van der Waals surface area contributed by atoms with Crippen LogP contribution < -0.4 is 5.32 Å². The number of benzene rings is 1. The lowest BCUT2D eigenvalue weighted by Crippen LogP contribution is -2.31. The second kappa shape index (κ2) is 16.2. The average molecular weight is 492 g/mol. The molecule has 0 aliphatic carbocycles. The summed E-state index contributed by atoms with van der Waals surface area (Å²) in [6.07, 6.45) is 9.31. The fraction of sp³-hybridized carbons (Fsp3) is 0.630. The van der Waals surface area contributed by atoms with Crippen LogP contribution in [-0.4, -0.2) is 49.9 Å². The van der Waals surface area contributed by atoms with Crippen LogP contribution in [0.1, 0.15) is 81.1 Å². The van der Waals surface area contributed by atoms with Crippen molar-refractivity contribution < 1.29 is 33.6 Å². The zero-order valence-corrected chi connectivity index (χ0v) is 21.3. The fourth-order valence-corrected chi connectivity index (χ4v) is 4.19. The highest BCUT2D eigenvalue weighted by Crippen LogP contribution is 2.28. The van der Waals surface area contributed by atoms with E-state index >= 15 is 0 Å². The average Bonchev–Trinajstić information content (AvgIpc) is 2.83. The zero-order valence-electron chi connectivity index (χ0n) is 21.3. The normalized spacial score (nSPS) is 21.5. The van der Waals surface area contributed by atoms with Crippen molar-refractivity contribution in [3.63, 3.8) is 0 Å². The van der Waals surface area contributed by atoms with E-state index in [1.807, 2.05) is 6.07 Å². The zero-order chi connectivity index (χ0) is 25.5. The standard InChI is InChI=1S/C27H41NO7/c1-4-5-8-17-33-27(31)28-16-10-14-22-18-24(34-19-32-3)20(2)11-6-7-12-21-13-9-15-23(29)25(21)26(30)35-22/h9-10,13,15-16,20,22,24,29H,4-8,11-12,14,17-19H2,1-3H3,(H,28,31)/b16-10+/t20-,22-,24+/m0/s1. The minimum atomic E-state index is -0.557. The topological polar surface area (TPSA) is 103 Å². The van der Waals surface area contributed by atoms with E-state index in [1.54, 1.807) is 19.3 Å². The summed E-state index contributed by atoms with van der Waals surface area (Å²) in [4.78, 5) is 24.9. The minimum absolute atomic E-state index is 0.0770. The van der Waals surface area contributed by atoms with Gasteiger partial charge in [0.25, 0.3) is 0 Å². The number of hydrogen-bond donors (Lipinski definition) is 2. The molecule has 0 saturated heterocycles. The van der Waals surface area contributed by atoms with Gasteiger partial charge in [-0.1, -0.05) is 51.3 Å². The summed E-state index contributed by atoms with van der Waals surface area (Å²) in [6.45, 7) is 4.76. The van der Waals surface area contributed by atoms with Gasteiger partial charge in [-0.25, -0.2) is 9.59 Å². The molecule has 0 bridgehead atoms. The highest BCUT2D eigenvalue weighted by Gasteiger charge is 2.27. The van der Waals surface area contributed by atoms with E-state index in [9.17, 15) is 14.7 Å². The number of fused-ring (bicyclic) bond motifs is 1. The Morgan fingerprint density at radius 3 is 2.89 bits per heavy atom. The van der Waals surface area contributed by atoms with Crippen LogP contribution in [0.25, 0.3) is 0 Å². The second-order valence-electron chi connectivity index (χ2n) is 9.03. The van der Waals surface area contributed by atoms with Crippen LogP contribution in [-0.2, 0) is 25.4 Å². The molecule has 1 aliphatic heterocycles. The molecule has 1 aromatic carbocycles. The molecule has 1 heterocycles. The van der Waals surface area contributed by atoms with Crippen molar-refractivity contribution in [2.24, 2.45) is 5.92 Å². The molecule has 1 amide bonds. The molecule has 1 aliphatic rings. The van der Waals surface area contributed by atoms with Crippen LogP contribution in [0.2, 0.25) is 0 Å². The third-order valence-electron chi connectivity index (χ3n) is 6.19. The number of nitrogens with one attached hydrogen (secondary N) is 1. The summed E-state index contributed by atoms with van der Waals surface area (Å²) in [5.74, 6) is -0.389. The molecule has 8 nitrogen and oxygen atoms in total. The van der Waals surface area contributed by atoms with Crippen LogP contribution in [0.15, 0.2) is 30.5 Å². The number of amides is 1. The molecule has 0 fully saturated rings. The summed E-state index contributed by atoms with van der Waals surface area (Å²) in [5.41, 5.74) is 1.01. The maximum atomic E-state index is 13.1. The lowest BCUT2D eigenvalue weighted by Gasteiger charge is -2.29. The molecule has 8 heteroatoms. The Kier molecular flexibility index (Phi) is 13.2. The van der Waals surface area contributed by atoms with Crippen LogP contribution in [0.5, 0.6) is 5.75 Å². The van der Waals surface area contributed by atoms with Gasteiger partial charge in [-0.05, 0) is 43.2 Å². The Bertz CT molecular complexity index is 811. The maximum absolute atomic E-state index is 13.1. The van der Waals surface area contributed by atoms with Crippen molar-refractivity contribution in [1.29, 1.82) is 0 Å². The number of esters is 1. The molecule has 196 valence electrons. The van der Waals surface area contributed by atoms with Crippen molar-refractivity contribution in [3.05, 3.63) is 41.6 Å². The summed E-state index contributed by atoms with van der Waals surface area (Å²) >= 11 is 0. The third kappa shape index (κ3) is 10.3. The Morgan fingerprint density at radius 1 is 1.29 bits per heavy atom. The van der Waals surface area contributed by atoms with E-state index in [4.69, 9.17) is 18.9 Å². The minimum Gasteiger partial charge on any atom is -0.507 e. The van der Waals surface area contributed by atoms with Crippen LogP contribution in [0.4, 0.5) is 4.79 Å². The van der Waals surface area contributed by atoms with Gasteiger partial charge in [0.1, 0.15) is 24.2 Å². The number of unbranched alkanes of at least 4 members (excludes halogenated alkanes) is 2. The summed E-state index contributed by atoms with van der Waals surface area (Å²) < 4.78 is 22.1. The highest BCUT2D eigenvalue weighted by molar-refractivity contribution is 5.94. The number of hydrogen-bond acceptors (Lipinski definition) is 7. The number of aromatic hydroxyl groups is 1. The number of ether oxygens (including phenoxy) is 4. The molecule has 0 radical (unpaired) electrons. The van der Waals surface area contributed by atoms with Crippen molar-refractivity contribution in [3.8, 4) is 5.75 Å². The molecular weight excluding hydrogens is 450 g/mol. The molecule has 2 rings (SSSR count). The van der Waals surface area contributed by atoms with Gasteiger partial charge in [0.15, 0.2) is 0 Å². The van der Waals surface area contributed by atoms with Crippen LogP contribution >= 0.6 is 0 Å². The predicted octanol–water partition coefficient (Wildman–Crippen LogP) is 5.48. The summed E-state index contributed by atoms with van der Waals surface area (Å²) in [6, 6.07) is 5.11.